The summed E-state index contributed by atoms with van der Waals surface area (Å²) in [4.78, 5) is 10.2. The molecule has 0 spiro atoms. The summed E-state index contributed by atoms with van der Waals surface area (Å²) in [7, 11) is -0.764. The van der Waals surface area contributed by atoms with E-state index in [0.29, 0.717) is 0 Å². The second kappa shape index (κ2) is 5.09. The van der Waals surface area contributed by atoms with Crippen molar-refractivity contribution in [3.63, 3.8) is 0 Å². The summed E-state index contributed by atoms with van der Waals surface area (Å²) in [6.45, 7) is 0. The Bertz CT molecular complexity index is 748. The molecule has 2 N–H and O–H groups in total. The molecule has 0 bridgehead atoms. The van der Waals surface area contributed by atoms with Crippen molar-refractivity contribution < 1.29 is 13.3 Å². The lowest BCUT2D eigenvalue weighted by Crippen LogP contribution is -2.12. The first-order chi connectivity index (χ1) is 9.33. The van der Waals surface area contributed by atoms with Gasteiger partial charge in [-0.25, -0.2) is 8.42 Å². The predicted octanol–water partition coefficient (Wildman–Crippen LogP) is 1.23. The molecule has 11 heteroatoms. The van der Waals surface area contributed by atoms with Crippen molar-refractivity contribution in [2.75, 3.05) is 17.1 Å². The fourth-order valence-corrected chi connectivity index (χ4v) is 3.74. The maximum atomic E-state index is 12.1. The second-order valence-electron chi connectivity index (χ2n) is 3.77. The van der Waals surface area contributed by atoms with Crippen molar-refractivity contribution in [1.82, 2.24) is 9.78 Å². The van der Waals surface area contributed by atoms with Crippen LogP contribution in [-0.2, 0) is 17.1 Å². The van der Waals surface area contributed by atoms with E-state index in [9.17, 15) is 18.5 Å². The van der Waals surface area contributed by atoms with E-state index in [1.54, 1.807) is 13.2 Å². The van der Waals surface area contributed by atoms with Crippen LogP contribution in [0.3, 0.4) is 0 Å². The summed E-state index contributed by atoms with van der Waals surface area (Å²) in [5.41, 5.74) is -0.279. The molecule has 0 saturated heterocycles. The molecular formula is C9H11N5O4S2. The number of nitro groups is 1. The molecule has 2 rings (SSSR count). The third-order valence-electron chi connectivity index (χ3n) is 2.33. The van der Waals surface area contributed by atoms with Gasteiger partial charge in [0.05, 0.1) is 4.92 Å². The normalized spacial score (nSPS) is 11.3. The minimum absolute atomic E-state index is 0.148. The van der Waals surface area contributed by atoms with Gasteiger partial charge in [0.25, 0.3) is 10.0 Å². The zero-order chi connectivity index (χ0) is 14.9. The molecule has 2 aromatic rings. The molecule has 0 fully saturated rings. The SMILES string of the molecule is CNc1sc(S(=O)(=O)Nc2ccn(C)n2)cc1[N+](=O)[O-]. The van der Waals surface area contributed by atoms with Gasteiger partial charge in [-0.05, 0) is 0 Å². The van der Waals surface area contributed by atoms with Gasteiger partial charge in [0.2, 0.25) is 0 Å². The maximum absolute atomic E-state index is 12.1. The Balaban J connectivity index is 2.37. The molecule has 108 valence electrons. The number of hydrogen-bond acceptors (Lipinski definition) is 7. The Morgan fingerprint density at radius 3 is 2.65 bits per heavy atom. The van der Waals surface area contributed by atoms with Crippen molar-refractivity contribution in [1.29, 1.82) is 0 Å². The van der Waals surface area contributed by atoms with Gasteiger partial charge < -0.3 is 5.32 Å². The maximum Gasteiger partial charge on any atom is 0.304 e. The number of thiophene rings is 1. The van der Waals surface area contributed by atoms with Crippen LogP contribution in [0.1, 0.15) is 0 Å². The number of hydrogen-bond donors (Lipinski definition) is 2. The van der Waals surface area contributed by atoms with Gasteiger partial charge in [-0.15, -0.1) is 0 Å². The van der Waals surface area contributed by atoms with Crippen LogP contribution in [0.15, 0.2) is 22.5 Å². The van der Waals surface area contributed by atoms with Crippen LogP contribution < -0.4 is 10.0 Å². The number of aryl methyl sites for hydroxylation is 1. The van der Waals surface area contributed by atoms with Crippen LogP contribution in [0.2, 0.25) is 0 Å². The van der Waals surface area contributed by atoms with Crippen molar-refractivity contribution in [2.24, 2.45) is 7.05 Å². The highest BCUT2D eigenvalue weighted by Crippen LogP contribution is 2.37. The van der Waals surface area contributed by atoms with Crippen molar-refractivity contribution in [2.45, 2.75) is 4.21 Å². The van der Waals surface area contributed by atoms with Crippen LogP contribution in [0, 0.1) is 10.1 Å². The van der Waals surface area contributed by atoms with Crippen LogP contribution in [-0.4, -0.2) is 30.2 Å². The zero-order valence-electron chi connectivity index (χ0n) is 10.5. The van der Waals surface area contributed by atoms with E-state index in [0.717, 1.165) is 17.4 Å². The van der Waals surface area contributed by atoms with E-state index < -0.39 is 14.9 Å². The average molecular weight is 317 g/mol. The quantitative estimate of drug-likeness (QED) is 0.632. The molecular weight excluding hydrogens is 306 g/mol. The van der Waals surface area contributed by atoms with Gasteiger partial charge in [0, 0.05) is 32.4 Å². The number of sulfonamides is 1. The molecule has 0 saturated carbocycles. The molecule has 0 atom stereocenters. The average Bonchev–Trinajstić information content (AvgIpc) is 2.95. The number of rotatable bonds is 5. The first kappa shape index (κ1) is 14.3. The monoisotopic (exact) mass is 317 g/mol. The minimum atomic E-state index is -3.90. The van der Waals surface area contributed by atoms with Crippen LogP contribution >= 0.6 is 11.3 Å². The summed E-state index contributed by atoms with van der Waals surface area (Å²) >= 11 is 0.783. The number of nitrogens with one attached hydrogen (secondary N) is 2. The highest BCUT2D eigenvalue weighted by molar-refractivity contribution is 7.94. The largest absolute Gasteiger partial charge is 0.374 e. The van der Waals surface area contributed by atoms with Crippen molar-refractivity contribution in [3.8, 4) is 0 Å². The Morgan fingerprint density at radius 1 is 1.50 bits per heavy atom. The van der Waals surface area contributed by atoms with Gasteiger partial charge >= 0.3 is 5.69 Å². The third kappa shape index (κ3) is 2.72. The lowest BCUT2D eigenvalue weighted by Gasteiger charge is -2.01. The minimum Gasteiger partial charge on any atom is -0.374 e. The molecule has 0 aliphatic heterocycles. The van der Waals surface area contributed by atoms with Crippen LogP contribution in [0.5, 0.6) is 0 Å². The lowest BCUT2D eigenvalue weighted by atomic mass is 10.5. The summed E-state index contributed by atoms with van der Waals surface area (Å²) in [6, 6.07) is 2.50. The molecule has 2 aromatic heterocycles. The molecule has 0 unspecified atom stereocenters. The first-order valence-corrected chi connectivity index (χ1v) is 7.62. The van der Waals surface area contributed by atoms with E-state index in [1.807, 2.05) is 0 Å². The van der Waals surface area contributed by atoms with Crippen LogP contribution in [0.4, 0.5) is 16.5 Å². The number of anilines is 2. The Hall–Kier alpha value is -2.14. The van der Waals surface area contributed by atoms with E-state index in [4.69, 9.17) is 0 Å². The van der Waals surface area contributed by atoms with Gasteiger partial charge in [0.15, 0.2) is 10.8 Å². The second-order valence-corrected chi connectivity index (χ2v) is 6.73. The summed E-state index contributed by atoms with van der Waals surface area (Å²) in [5.74, 6) is 0.148. The fourth-order valence-electron chi connectivity index (χ4n) is 1.46. The Kier molecular flexibility index (Phi) is 3.63. The molecule has 0 aliphatic rings. The van der Waals surface area contributed by atoms with Crippen molar-refractivity contribution >= 4 is 37.9 Å². The summed E-state index contributed by atoms with van der Waals surface area (Å²) in [5, 5.41) is 17.5. The number of aromatic nitrogens is 2. The van der Waals surface area contributed by atoms with Crippen LogP contribution in [0.25, 0.3) is 0 Å². The summed E-state index contributed by atoms with van der Waals surface area (Å²) in [6.07, 6.45) is 1.58. The molecule has 0 aromatic carbocycles. The van der Waals surface area contributed by atoms with Crippen molar-refractivity contribution in [3.05, 3.63) is 28.4 Å². The zero-order valence-corrected chi connectivity index (χ0v) is 12.2. The van der Waals surface area contributed by atoms with E-state index in [1.165, 1.54) is 17.8 Å². The highest BCUT2D eigenvalue weighted by atomic mass is 32.2. The van der Waals surface area contributed by atoms with Gasteiger partial charge in [-0.3, -0.25) is 19.5 Å². The van der Waals surface area contributed by atoms with Gasteiger partial charge in [-0.1, -0.05) is 11.3 Å². The molecule has 20 heavy (non-hydrogen) atoms. The lowest BCUT2D eigenvalue weighted by molar-refractivity contribution is -0.383. The highest BCUT2D eigenvalue weighted by Gasteiger charge is 2.26. The molecule has 0 amide bonds. The first-order valence-electron chi connectivity index (χ1n) is 5.32. The standard InChI is InChI=1S/C9H11N5O4S2/c1-10-9-6(14(15)16)5-8(19-9)20(17,18)12-7-3-4-13(2)11-7/h3-5,10H,1-2H3,(H,11,12). The Morgan fingerprint density at radius 2 is 2.20 bits per heavy atom. The van der Waals surface area contributed by atoms with E-state index >= 15 is 0 Å². The third-order valence-corrected chi connectivity index (χ3v) is 5.30. The number of nitrogens with zero attached hydrogens (tertiary/aromatic N) is 3. The Labute approximate surface area is 118 Å². The molecule has 0 aliphatic carbocycles. The smallest absolute Gasteiger partial charge is 0.304 e. The molecule has 0 radical (unpaired) electrons. The van der Waals surface area contributed by atoms with E-state index in [-0.39, 0.29) is 20.7 Å². The summed E-state index contributed by atoms with van der Waals surface area (Å²) < 4.78 is 27.8. The van der Waals surface area contributed by atoms with E-state index in [2.05, 4.69) is 15.1 Å². The van der Waals surface area contributed by atoms with Gasteiger partial charge in [0.1, 0.15) is 4.21 Å². The molecule has 2 heterocycles. The fraction of sp³-hybridized carbons (Fsp3) is 0.222. The predicted molar refractivity (Wildman–Crippen MR) is 74.5 cm³/mol. The topological polar surface area (TPSA) is 119 Å². The molecule has 9 nitrogen and oxygen atoms in total. The van der Waals surface area contributed by atoms with Gasteiger partial charge in [-0.2, -0.15) is 5.10 Å².